The Hall–Kier alpha value is -1.17. The third kappa shape index (κ3) is 4.60. The van der Waals surface area contributed by atoms with E-state index in [2.05, 4.69) is 26.2 Å². The Morgan fingerprint density at radius 1 is 1.61 bits per heavy atom. The molecule has 0 aliphatic heterocycles. The van der Waals surface area contributed by atoms with Gasteiger partial charge in [-0.1, -0.05) is 13.8 Å². The quantitative estimate of drug-likeness (QED) is 0.905. The van der Waals surface area contributed by atoms with E-state index >= 15 is 0 Å². The molecule has 18 heavy (non-hydrogen) atoms. The molecule has 0 spiro atoms. The third-order valence-corrected chi connectivity index (χ3v) is 2.67. The van der Waals surface area contributed by atoms with Crippen LogP contribution in [0.3, 0.4) is 0 Å². The van der Waals surface area contributed by atoms with Gasteiger partial charge in [0.05, 0.1) is 6.54 Å². The van der Waals surface area contributed by atoms with E-state index in [9.17, 15) is 9.18 Å². The van der Waals surface area contributed by atoms with Crippen molar-refractivity contribution in [1.82, 2.24) is 10.3 Å². The average molecular weight is 318 g/mol. The minimum absolute atomic E-state index is 0.0816. The highest BCUT2D eigenvalue weighted by Crippen LogP contribution is 2.18. The van der Waals surface area contributed by atoms with Crippen LogP contribution in [0.1, 0.15) is 13.8 Å². The van der Waals surface area contributed by atoms with Crippen LogP contribution in [0.2, 0.25) is 0 Å². The lowest BCUT2D eigenvalue weighted by atomic mass is 10.2. The molecule has 4 nitrogen and oxygen atoms in total. The van der Waals surface area contributed by atoms with Gasteiger partial charge in [0.25, 0.3) is 0 Å². The number of aromatic nitrogens is 1. The number of hydrogen-bond donors (Lipinski definition) is 1. The zero-order valence-corrected chi connectivity index (χ0v) is 12.3. The van der Waals surface area contributed by atoms with E-state index in [4.69, 9.17) is 0 Å². The predicted molar refractivity (Wildman–Crippen MR) is 73.0 cm³/mol. The van der Waals surface area contributed by atoms with E-state index in [1.807, 2.05) is 13.8 Å². The van der Waals surface area contributed by atoms with E-state index in [-0.39, 0.29) is 18.3 Å². The van der Waals surface area contributed by atoms with Crippen molar-refractivity contribution in [2.75, 3.05) is 25.0 Å². The normalized spacial score (nSPS) is 10.6. The summed E-state index contributed by atoms with van der Waals surface area (Å²) >= 11 is 3.14. The Morgan fingerprint density at radius 2 is 2.28 bits per heavy atom. The van der Waals surface area contributed by atoms with Crippen LogP contribution < -0.4 is 10.2 Å². The summed E-state index contributed by atoms with van der Waals surface area (Å²) in [6.45, 7) is 4.72. The Kier molecular flexibility index (Phi) is 5.53. The third-order valence-electron chi connectivity index (χ3n) is 2.24. The molecule has 6 heteroatoms. The van der Waals surface area contributed by atoms with Crippen molar-refractivity contribution in [1.29, 1.82) is 0 Å². The molecule has 0 aliphatic rings. The second kappa shape index (κ2) is 6.68. The van der Waals surface area contributed by atoms with Crippen LogP contribution in [-0.2, 0) is 4.79 Å². The van der Waals surface area contributed by atoms with E-state index in [0.29, 0.717) is 16.9 Å². The zero-order chi connectivity index (χ0) is 13.7. The Labute approximate surface area is 115 Å². The van der Waals surface area contributed by atoms with Gasteiger partial charge in [-0.2, -0.15) is 0 Å². The van der Waals surface area contributed by atoms with Crippen LogP contribution >= 0.6 is 15.9 Å². The topological polar surface area (TPSA) is 45.2 Å². The number of nitrogens with zero attached hydrogens (tertiary/aromatic N) is 2. The first-order valence-corrected chi connectivity index (χ1v) is 6.48. The molecule has 0 aromatic carbocycles. The van der Waals surface area contributed by atoms with Crippen LogP contribution in [0.4, 0.5) is 10.2 Å². The number of carbonyl (C=O) groups excluding carboxylic acids is 1. The first kappa shape index (κ1) is 14.9. The molecule has 0 fully saturated rings. The summed E-state index contributed by atoms with van der Waals surface area (Å²) in [5.41, 5.74) is 0. The fraction of sp³-hybridized carbons (Fsp3) is 0.500. The van der Waals surface area contributed by atoms with Crippen molar-refractivity contribution in [3.63, 3.8) is 0 Å². The van der Waals surface area contributed by atoms with Gasteiger partial charge in [-0.25, -0.2) is 9.37 Å². The fourth-order valence-electron chi connectivity index (χ4n) is 1.35. The van der Waals surface area contributed by atoms with Gasteiger partial charge in [0.15, 0.2) is 11.6 Å². The molecule has 0 radical (unpaired) electrons. The molecule has 0 unspecified atom stereocenters. The van der Waals surface area contributed by atoms with Crippen LogP contribution in [0.15, 0.2) is 16.7 Å². The van der Waals surface area contributed by atoms with Gasteiger partial charge in [-0.05, 0) is 27.9 Å². The largest absolute Gasteiger partial charge is 0.354 e. The van der Waals surface area contributed by atoms with Gasteiger partial charge in [0.2, 0.25) is 5.91 Å². The molecule has 0 atom stereocenters. The Balaban J connectivity index is 2.59. The summed E-state index contributed by atoms with van der Waals surface area (Å²) in [6, 6.07) is 1.32. The first-order valence-electron chi connectivity index (χ1n) is 5.69. The second-order valence-corrected chi connectivity index (χ2v) is 5.43. The van der Waals surface area contributed by atoms with Crippen LogP contribution in [0, 0.1) is 11.7 Å². The maximum atomic E-state index is 13.6. The minimum atomic E-state index is -0.455. The molecule has 0 aliphatic carbocycles. The highest BCUT2D eigenvalue weighted by Gasteiger charge is 2.13. The van der Waals surface area contributed by atoms with Crippen molar-refractivity contribution in [2.24, 2.45) is 5.92 Å². The van der Waals surface area contributed by atoms with Gasteiger partial charge >= 0.3 is 0 Å². The van der Waals surface area contributed by atoms with Gasteiger partial charge in [-0.15, -0.1) is 0 Å². The highest BCUT2D eigenvalue weighted by atomic mass is 79.9. The average Bonchev–Trinajstić information content (AvgIpc) is 2.26. The van der Waals surface area contributed by atoms with Crippen molar-refractivity contribution in [3.05, 3.63) is 22.6 Å². The summed E-state index contributed by atoms with van der Waals surface area (Å²) < 4.78 is 14.2. The number of carbonyl (C=O) groups is 1. The van der Waals surface area contributed by atoms with Crippen molar-refractivity contribution >= 4 is 27.7 Å². The Morgan fingerprint density at radius 3 is 2.83 bits per heavy atom. The van der Waals surface area contributed by atoms with Gasteiger partial charge in [0, 0.05) is 24.3 Å². The second-order valence-electron chi connectivity index (χ2n) is 4.51. The zero-order valence-electron chi connectivity index (χ0n) is 10.7. The number of halogens is 2. The number of anilines is 1. The summed E-state index contributed by atoms with van der Waals surface area (Å²) in [5, 5.41) is 2.77. The number of pyridine rings is 1. The van der Waals surface area contributed by atoms with Crippen molar-refractivity contribution in [2.45, 2.75) is 13.8 Å². The molecular weight excluding hydrogens is 301 g/mol. The first-order chi connectivity index (χ1) is 8.40. The molecule has 1 aromatic heterocycles. The molecule has 0 saturated heterocycles. The predicted octanol–water partition coefficient (Wildman–Crippen LogP) is 2.19. The summed E-state index contributed by atoms with van der Waals surface area (Å²) in [4.78, 5) is 17.0. The van der Waals surface area contributed by atoms with Crippen LogP contribution in [0.5, 0.6) is 0 Å². The lowest BCUT2D eigenvalue weighted by Gasteiger charge is -2.18. The van der Waals surface area contributed by atoms with E-state index in [0.717, 1.165) is 0 Å². The van der Waals surface area contributed by atoms with E-state index < -0.39 is 5.82 Å². The minimum Gasteiger partial charge on any atom is -0.354 e. The molecule has 1 rings (SSSR count). The van der Waals surface area contributed by atoms with Gasteiger partial charge in [0.1, 0.15) is 0 Å². The molecular formula is C12H17BrFN3O. The maximum Gasteiger partial charge on any atom is 0.239 e. The monoisotopic (exact) mass is 317 g/mol. The molecule has 0 saturated carbocycles. The number of hydrogen-bond acceptors (Lipinski definition) is 3. The smallest absolute Gasteiger partial charge is 0.239 e. The van der Waals surface area contributed by atoms with Crippen molar-refractivity contribution in [3.8, 4) is 0 Å². The van der Waals surface area contributed by atoms with Crippen molar-refractivity contribution < 1.29 is 9.18 Å². The van der Waals surface area contributed by atoms with E-state index in [1.54, 1.807) is 7.05 Å². The van der Waals surface area contributed by atoms with Crippen LogP contribution in [0.25, 0.3) is 0 Å². The Bertz CT molecular complexity index is 426. The fourth-order valence-corrected chi connectivity index (χ4v) is 1.66. The SMILES string of the molecule is CC(C)CNC(=O)CN(C)c1ncc(Br)cc1F. The molecule has 1 aromatic rings. The molecule has 0 bridgehead atoms. The molecule has 1 N–H and O–H groups in total. The molecule has 1 amide bonds. The lowest BCUT2D eigenvalue weighted by molar-refractivity contribution is -0.119. The number of amides is 1. The standard InChI is InChI=1S/C12H17BrFN3O/c1-8(2)5-15-11(18)7-17(3)12-10(14)4-9(13)6-16-12/h4,6,8H,5,7H2,1-3H3,(H,15,18). The summed E-state index contributed by atoms with van der Waals surface area (Å²) in [6.07, 6.45) is 1.50. The molecule has 1 heterocycles. The number of rotatable bonds is 5. The summed E-state index contributed by atoms with van der Waals surface area (Å²) in [5.74, 6) is -0.0430. The van der Waals surface area contributed by atoms with Gasteiger partial charge < -0.3 is 10.2 Å². The molecule has 100 valence electrons. The lowest BCUT2D eigenvalue weighted by Crippen LogP contribution is -2.37. The maximum absolute atomic E-state index is 13.6. The number of likely N-dealkylation sites (N-methyl/N-ethyl adjacent to an activating group) is 1. The number of nitrogens with one attached hydrogen (secondary N) is 1. The highest BCUT2D eigenvalue weighted by molar-refractivity contribution is 9.10. The van der Waals surface area contributed by atoms with Gasteiger partial charge in [-0.3, -0.25) is 4.79 Å². The van der Waals surface area contributed by atoms with E-state index in [1.165, 1.54) is 17.2 Å². The van der Waals surface area contributed by atoms with Crippen LogP contribution in [-0.4, -0.2) is 31.0 Å². The summed E-state index contributed by atoms with van der Waals surface area (Å²) in [7, 11) is 1.63.